The molecule has 20 heavy (non-hydrogen) atoms. The Labute approximate surface area is 121 Å². The number of nitrogens with two attached hydrogens (primary N) is 1. The number of unbranched alkanes of at least 4 members (excludes halogenated alkanes) is 1. The first-order valence-electron chi connectivity index (χ1n) is 7.36. The van der Waals surface area contributed by atoms with Gasteiger partial charge < -0.3 is 16.0 Å². The maximum absolute atomic E-state index is 11.7. The molecule has 4 nitrogen and oxygen atoms in total. The summed E-state index contributed by atoms with van der Waals surface area (Å²) in [5.41, 5.74) is 8.02. The van der Waals surface area contributed by atoms with Crippen molar-refractivity contribution in [2.75, 3.05) is 29.9 Å². The Bertz CT molecular complexity index is 471. The number of amides is 1. The molecular formula is C16H25N3O. The third-order valence-corrected chi connectivity index (χ3v) is 3.94. The van der Waals surface area contributed by atoms with Crippen LogP contribution < -0.4 is 16.0 Å². The van der Waals surface area contributed by atoms with Gasteiger partial charge in [-0.3, -0.25) is 4.79 Å². The Morgan fingerprint density at radius 3 is 2.80 bits per heavy atom. The van der Waals surface area contributed by atoms with E-state index in [1.54, 1.807) is 0 Å². The van der Waals surface area contributed by atoms with Crippen LogP contribution in [0.4, 0.5) is 11.4 Å². The first-order chi connectivity index (χ1) is 9.52. The zero-order valence-corrected chi connectivity index (χ0v) is 12.5. The zero-order valence-electron chi connectivity index (χ0n) is 12.5. The molecule has 0 radical (unpaired) electrons. The molecular weight excluding hydrogens is 250 g/mol. The minimum Gasteiger partial charge on any atom is -0.361 e. The SMILES string of the molecule is CC(C)(CN)CCCCN1CC(=O)Nc2ccccc21. The molecule has 2 rings (SSSR count). The number of carbonyl (C=O) groups is 1. The lowest BCUT2D eigenvalue weighted by atomic mass is 9.87. The number of hydrogen-bond donors (Lipinski definition) is 2. The van der Waals surface area contributed by atoms with E-state index in [4.69, 9.17) is 5.73 Å². The van der Waals surface area contributed by atoms with Crippen molar-refractivity contribution >= 4 is 17.3 Å². The third-order valence-electron chi connectivity index (χ3n) is 3.94. The summed E-state index contributed by atoms with van der Waals surface area (Å²) >= 11 is 0. The number of hydrogen-bond acceptors (Lipinski definition) is 3. The van der Waals surface area contributed by atoms with Gasteiger partial charge in [0.1, 0.15) is 0 Å². The monoisotopic (exact) mass is 275 g/mol. The van der Waals surface area contributed by atoms with Crippen molar-refractivity contribution < 1.29 is 4.79 Å². The van der Waals surface area contributed by atoms with Gasteiger partial charge in [0.05, 0.1) is 17.9 Å². The Morgan fingerprint density at radius 1 is 1.30 bits per heavy atom. The molecule has 1 aromatic rings. The summed E-state index contributed by atoms with van der Waals surface area (Å²) in [7, 11) is 0. The molecule has 0 atom stereocenters. The molecule has 110 valence electrons. The fourth-order valence-electron chi connectivity index (χ4n) is 2.51. The van der Waals surface area contributed by atoms with E-state index in [1.807, 2.05) is 18.2 Å². The number of nitrogens with one attached hydrogen (secondary N) is 1. The van der Waals surface area contributed by atoms with Crippen LogP contribution in [0.2, 0.25) is 0 Å². The molecule has 1 amide bonds. The smallest absolute Gasteiger partial charge is 0.243 e. The van der Waals surface area contributed by atoms with E-state index in [0.717, 1.165) is 43.7 Å². The highest BCUT2D eigenvalue weighted by molar-refractivity contribution is 6.01. The van der Waals surface area contributed by atoms with Crippen LogP contribution in [0.1, 0.15) is 33.1 Å². The number of carbonyl (C=O) groups excluding carboxylic acids is 1. The first-order valence-corrected chi connectivity index (χ1v) is 7.36. The van der Waals surface area contributed by atoms with Crippen LogP contribution in [0.25, 0.3) is 0 Å². The van der Waals surface area contributed by atoms with Gasteiger partial charge in [0.25, 0.3) is 0 Å². The quantitative estimate of drug-likeness (QED) is 0.785. The summed E-state index contributed by atoms with van der Waals surface area (Å²) < 4.78 is 0. The van der Waals surface area contributed by atoms with Crippen molar-refractivity contribution in [1.29, 1.82) is 0 Å². The second-order valence-corrected chi connectivity index (χ2v) is 6.31. The molecule has 4 heteroatoms. The molecule has 0 saturated carbocycles. The number of anilines is 2. The predicted molar refractivity (Wildman–Crippen MR) is 84.0 cm³/mol. The number of nitrogens with zero attached hydrogens (tertiary/aromatic N) is 1. The fraction of sp³-hybridized carbons (Fsp3) is 0.562. The molecule has 0 spiro atoms. The van der Waals surface area contributed by atoms with Gasteiger partial charge in [-0.05, 0) is 36.9 Å². The Balaban J connectivity index is 1.89. The molecule has 0 aliphatic carbocycles. The third kappa shape index (κ3) is 3.73. The molecule has 1 aliphatic heterocycles. The van der Waals surface area contributed by atoms with Gasteiger partial charge >= 0.3 is 0 Å². The molecule has 0 unspecified atom stereocenters. The van der Waals surface area contributed by atoms with E-state index in [1.165, 1.54) is 0 Å². The van der Waals surface area contributed by atoms with Crippen molar-refractivity contribution in [1.82, 2.24) is 0 Å². The Kier molecular flexibility index (Phi) is 4.65. The summed E-state index contributed by atoms with van der Waals surface area (Å²) in [5.74, 6) is 0.0750. The molecule has 0 aromatic heterocycles. The summed E-state index contributed by atoms with van der Waals surface area (Å²) in [6.45, 7) is 6.51. The van der Waals surface area contributed by atoms with Gasteiger partial charge in [-0.25, -0.2) is 0 Å². The lowest BCUT2D eigenvalue weighted by Gasteiger charge is -2.31. The van der Waals surface area contributed by atoms with Gasteiger partial charge in [-0.1, -0.05) is 32.4 Å². The highest BCUT2D eigenvalue weighted by Crippen LogP contribution is 2.29. The maximum atomic E-state index is 11.7. The van der Waals surface area contributed by atoms with Crippen molar-refractivity contribution in [2.45, 2.75) is 33.1 Å². The highest BCUT2D eigenvalue weighted by Gasteiger charge is 2.21. The van der Waals surface area contributed by atoms with Crippen molar-refractivity contribution in [2.24, 2.45) is 11.1 Å². The molecule has 0 fully saturated rings. The van der Waals surface area contributed by atoms with Gasteiger partial charge in [-0.15, -0.1) is 0 Å². The van der Waals surface area contributed by atoms with Crippen LogP contribution in [0.15, 0.2) is 24.3 Å². The van der Waals surface area contributed by atoms with E-state index in [-0.39, 0.29) is 11.3 Å². The summed E-state index contributed by atoms with van der Waals surface area (Å²) in [6, 6.07) is 7.99. The lowest BCUT2D eigenvalue weighted by Crippen LogP contribution is -2.38. The van der Waals surface area contributed by atoms with Crippen LogP contribution in [0.5, 0.6) is 0 Å². The molecule has 1 heterocycles. The molecule has 1 aliphatic rings. The van der Waals surface area contributed by atoms with E-state index >= 15 is 0 Å². The van der Waals surface area contributed by atoms with Crippen LogP contribution in [0, 0.1) is 5.41 Å². The topological polar surface area (TPSA) is 58.4 Å². The molecule has 0 saturated heterocycles. The van der Waals surface area contributed by atoms with Crippen LogP contribution in [-0.2, 0) is 4.79 Å². The van der Waals surface area contributed by atoms with Crippen molar-refractivity contribution in [3.05, 3.63) is 24.3 Å². The first kappa shape index (κ1) is 14.9. The highest BCUT2D eigenvalue weighted by atomic mass is 16.2. The lowest BCUT2D eigenvalue weighted by molar-refractivity contribution is -0.115. The summed E-state index contributed by atoms with van der Waals surface area (Å²) in [6.07, 6.45) is 3.36. The minimum absolute atomic E-state index is 0.0750. The number of fused-ring (bicyclic) bond motifs is 1. The van der Waals surface area contributed by atoms with Crippen molar-refractivity contribution in [3.8, 4) is 0 Å². The molecule has 0 bridgehead atoms. The van der Waals surface area contributed by atoms with Gasteiger partial charge in [0.15, 0.2) is 0 Å². The van der Waals surface area contributed by atoms with Crippen LogP contribution in [-0.4, -0.2) is 25.5 Å². The van der Waals surface area contributed by atoms with Crippen LogP contribution in [0.3, 0.4) is 0 Å². The fourth-order valence-corrected chi connectivity index (χ4v) is 2.51. The standard InChI is InChI=1S/C16H25N3O/c1-16(2,12-17)9-5-6-10-19-11-15(20)18-13-7-3-4-8-14(13)19/h3-4,7-8H,5-6,9-12,17H2,1-2H3,(H,18,20). The Morgan fingerprint density at radius 2 is 2.05 bits per heavy atom. The normalized spacial score (nSPS) is 14.9. The zero-order chi connectivity index (χ0) is 14.6. The van der Waals surface area contributed by atoms with Crippen molar-refractivity contribution in [3.63, 3.8) is 0 Å². The maximum Gasteiger partial charge on any atom is 0.243 e. The number of benzene rings is 1. The van der Waals surface area contributed by atoms with Crippen LogP contribution >= 0.6 is 0 Å². The predicted octanol–water partition coefficient (Wildman–Crippen LogP) is 2.60. The average molecular weight is 275 g/mol. The van der Waals surface area contributed by atoms with E-state index in [0.29, 0.717) is 6.54 Å². The minimum atomic E-state index is 0.0750. The van der Waals surface area contributed by atoms with Gasteiger partial charge in [0, 0.05) is 6.54 Å². The van der Waals surface area contributed by atoms with E-state index in [9.17, 15) is 4.79 Å². The largest absolute Gasteiger partial charge is 0.361 e. The number of para-hydroxylation sites is 2. The van der Waals surface area contributed by atoms with E-state index < -0.39 is 0 Å². The average Bonchev–Trinajstić information content (AvgIpc) is 2.43. The Hall–Kier alpha value is -1.55. The van der Waals surface area contributed by atoms with Gasteiger partial charge in [-0.2, -0.15) is 0 Å². The van der Waals surface area contributed by atoms with Gasteiger partial charge in [0.2, 0.25) is 5.91 Å². The molecule has 1 aromatic carbocycles. The van der Waals surface area contributed by atoms with E-state index in [2.05, 4.69) is 30.1 Å². The second-order valence-electron chi connectivity index (χ2n) is 6.31. The summed E-state index contributed by atoms with van der Waals surface area (Å²) in [4.78, 5) is 13.9. The molecule has 3 N–H and O–H groups in total. The number of rotatable bonds is 6. The summed E-state index contributed by atoms with van der Waals surface area (Å²) in [5, 5.41) is 2.92. The second kappa shape index (κ2) is 6.27.